The van der Waals surface area contributed by atoms with Crippen molar-refractivity contribution in [1.29, 1.82) is 0 Å². The second-order valence-corrected chi connectivity index (χ2v) is 8.54. The van der Waals surface area contributed by atoms with Gasteiger partial charge in [-0.1, -0.05) is 48.5 Å². The monoisotopic (exact) mass is 477 g/mol. The van der Waals surface area contributed by atoms with Gasteiger partial charge in [0.05, 0.1) is 17.3 Å². The summed E-state index contributed by atoms with van der Waals surface area (Å²) >= 11 is 0. The molecule has 0 bridgehead atoms. The number of alkyl halides is 3. The lowest BCUT2D eigenvalue weighted by Gasteiger charge is -2.16. The lowest BCUT2D eigenvalue weighted by Crippen LogP contribution is -2.23. The molecule has 0 radical (unpaired) electrons. The first-order valence-corrected chi connectivity index (χ1v) is 11.1. The van der Waals surface area contributed by atoms with E-state index in [1.807, 2.05) is 43.6 Å². The van der Waals surface area contributed by atoms with E-state index in [2.05, 4.69) is 5.10 Å². The van der Waals surface area contributed by atoms with Crippen molar-refractivity contribution in [2.75, 3.05) is 0 Å². The standard InChI is InChI=1S/C27H22F3N3O2/c1-32-15-22(13-31-32)20-10-8-18(9-11-20)14-33-16-21-5-3-7-24(25(21)26(33)34)35-17-19-4-2-6-23(12-19)27(28,29)30/h2-13,15H,14,16-17H2,1H3. The Bertz CT molecular complexity index is 1380. The average molecular weight is 477 g/mol. The van der Waals surface area contributed by atoms with Gasteiger partial charge in [0, 0.05) is 31.9 Å². The summed E-state index contributed by atoms with van der Waals surface area (Å²) in [6, 6.07) is 18.3. The minimum Gasteiger partial charge on any atom is -0.488 e. The quantitative estimate of drug-likeness (QED) is 0.351. The molecule has 1 aromatic heterocycles. The summed E-state index contributed by atoms with van der Waals surface area (Å²) in [7, 11) is 1.87. The van der Waals surface area contributed by atoms with Crippen molar-refractivity contribution in [3.8, 4) is 16.9 Å². The van der Waals surface area contributed by atoms with Crippen molar-refractivity contribution in [2.45, 2.75) is 25.9 Å². The van der Waals surface area contributed by atoms with Crippen LogP contribution in [-0.2, 0) is 32.9 Å². The lowest BCUT2D eigenvalue weighted by atomic mass is 10.1. The van der Waals surface area contributed by atoms with Crippen LogP contribution in [0.4, 0.5) is 13.2 Å². The molecule has 0 aliphatic carbocycles. The normalized spacial score (nSPS) is 13.3. The van der Waals surface area contributed by atoms with Crippen molar-refractivity contribution in [3.63, 3.8) is 0 Å². The van der Waals surface area contributed by atoms with Gasteiger partial charge >= 0.3 is 6.18 Å². The molecule has 0 fully saturated rings. The molecule has 1 amide bonds. The summed E-state index contributed by atoms with van der Waals surface area (Å²) in [4.78, 5) is 14.9. The van der Waals surface area contributed by atoms with Crippen LogP contribution in [0.2, 0.25) is 0 Å². The largest absolute Gasteiger partial charge is 0.488 e. The maximum Gasteiger partial charge on any atom is 0.416 e. The number of carbonyl (C=O) groups is 1. The van der Waals surface area contributed by atoms with Gasteiger partial charge in [-0.3, -0.25) is 9.48 Å². The van der Waals surface area contributed by atoms with E-state index < -0.39 is 11.7 Å². The highest BCUT2D eigenvalue weighted by Gasteiger charge is 2.32. The molecule has 0 spiro atoms. The number of amides is 1. The number of halogens is 3. The number of benzene rings is 3. The predicted molar refractivity (Wildman–Crippen MR) is 124 cm³/mol. The van der Waals surface area contributed by atoms with Gasteiger partial charge in [-0.25, -0.2) is 0 Å². The summed E-state index contributed by atoms with van der Waals surface area (Å²) in [5, 5.41) is 4.19. The summed E-state index contributed by atoms with van der Waals surface area (Å²) in [5.41, 5.74) is 4.01. The zero-order valence-electron chi connectivity index (χ0n) is 18.9. The first kappa shape index (κ1) is 22.7. The van der Waals surface area contributed by atoms with Crippen LogP contribution >= 0.6 is 0 Å². The Labute approximate surface area is 200 Å². The fourth-order valence-electron chi connectivity index (χ4n) is 4.23. The number of hydrogen-bond acceptors (Lipinski definition) is 3. The number of rotatable bonds is 6. The van der Waals surface area contributed by atoms with Gasteiger partial charge in [-0.2, -0.15) is 18.3 Å². The number of ether oxygens (including phenoxy) is 1. The Kier molecular flexibility index (Phi) is 5.80. The molecule has 35 heavy (non-hydrogen) atoms. The molecule has 0 N–H and O–H groups in total. The molecule has 0 unspecified atom stereocenters. The van der Waals surface area contributed by atoms with E-state index in [1.54, 1.807) is 34.0 Å². The van der Waals surface area contributed by atoms with Gasteiger partial charge in [-0.05, 0) is 40.5 Å². The maximum absolute atomic E-state index is 13.2. The Morgan fingerprint density at radius 3 is 2.46 bits per heavy atom. The van der Waals surface area contributed by atoms with Crippen LogP contribution in [0, 0.1) is 0 Å². The van der Waals surface area contributed by atoms with Crippen LogP contribution < -0.4 is 4.74 Å². The van der Waals surface area contributed by atoms with Gasteiger partial charge in [0.15, 0.2) is 0 Å². The number of carbonyl (C=O) groups excluding carboxylic acids is 1. The third-order valence-electron chi connectivity index (χ3n) is 5.99. The van der Waals surface area contributed by atoms with Gasteiger partial charge in [-0.15, -0.1) is 0 Å². The summed E-state index contributed by atoms with van der Waals surface area (Å²) < 4.78 is 46.6. The van der Waals surface area contributed by atoms with Crippen LogP contribution in [0.3, 0.4) is 0 Å². The highest BCUT2D eigenvalue weighted by molar-refractivity contribution is 6.01. The molecule has 1 aliphatic rings. The van der Waals surface area contributed by atoms with E-state index in [0.717, 1.165) is 34.4 Å². The van der Waals surface area contributed by atoms with Crippen LogP contribution in [0.5, 0.6) is 5.75 Å². The van der Waals surface area contributed by atoms with Crippen LogP contribution in [0.15, 0.2) is 79.1 Å². The SMILES string of the molecule is Cn1cc(-c2ccc(CN3Cc4cccc(OCc5cccc(C(F)(F)F)c5)c4C3=O)cc2)cn1. The Hall–Kier alpha value is -4.07. The number of hydrogen-bond donors (Lipinski definition) is 0. The predicted octanol–water partition coefficient (Wildman–Crippen LogP) is 5.84. The molecule has 5 rings (SSSR count). The Morgan fingerprint density at radius 2 is 1.74 bits per heavy atom. The second-order valence-electron chi connectivity index (χ2n) is 8.54. The third-order valence-corrected chi connectivity index (χ3v) is 5.99. The third kappa shape index (κ3) is 4.77. The van der Waals surface area contributed by atoms with Crippen molar-refractivity contribution in [3.05, 3.63) is 107 Å². The molecule has 0 saturated heterocycles. The number of nitrogens with zero attached hydrogens (tertiary/aromatic N) is 3. The molecule has 3 aromatic carbocycles. The number of aromatic nitrogens is 2. The lowest BCUT2D eigenvalue weighted by molar-refractivity contribution is -0.137. The molecule has 0 atom stereocenters. The van der Waals surface area contributed by atoms with Crippen molar-refractivity contribution in [2.24, 2.45) is 7.05 Å². The summed E-state index contributed by atoms with van der Waals surface area (Å²) in [5.74, 6) is 0.218. The Balaban J connectivity index is 1.28. The molecule has 8 heteroatoms. The Morgan fingerprint density at radius 1 is 0.971 bits per heavy atom. The summed E-state index contributed by atoms with van der Waals surface area (Å²) in [6.07, 6.45) is -0.677. The van der Waals surface area contributed by atoms with E-state index in [1.165, 1.54) is 6.07 Å². The van der Waals surface area contributed by atoms with E-state index in [9.17, 15) is 18.0 Å². The smallest absolute Gasteiger partial charge is 0.416 e. The molecule has 0 saturated carbocycles. The minimum absolute atomic E-state index is 0.0660. The van der Waals surface area contributed by atoms with Crippen molar-refractivity contribution < 1.29 is 22.7 Å². The van der Waals surface area contributed by atoms with E-state index >= 15 is 0 Å². The molecule has 1 aliphatic heterocycles. The van der Waals surface area contributed by atoms with E-state index in [0.29, 0.717) is 30.0 Å². The first-order valence-electron chi connectivity index (χ1n) is 11.1. The fraction of sp³-hybridized carbons (Fsp3) is 0.185. The van der Waals surface area contributed by atoms with Crippen molar-refractivity contribution >= 4 is 5.91 Å². The fourth-order valence-corrected chi connectivity index (χ4v) is 4.23. The number of aryl methyl sites for hydroxylation is 1. The molecule has 178 valence electrons. The molecule has 5 nitrogen and oxygen atoms in total. The zero-order chi connectivity index (χ0) is 24.6. The minimum atomic E-state index is -4.42. The van der Waals surface area contributed by atoms with Gasteiger partial charge in [0.1, 0.15) is 12.4 Å². The van der Waals surface area contributed by atoms with Crippen LogP contribution in [0.25, 0.3) is 11.1 Å². The zero-order valence-corrected chi connectivity index (χ0v) is 18.9. The van der Waals surface area contributed by atoms with Gasteiger partial charge in [0.2, 0.25) is 0 Å². The van der Waals surface area contributed by atoms with E-state index in [4.69, 9.17) is 4.74 Å². The highest BCUT2D eigenvalue weighted by atomic mass is 19.4. The van der Waals surface area contributed by atoms with Gasteiger partial charge < -0.3 is 9.64 Å². The number of fused-ring (bicyclic) bond motifs is 1. The molecule has 4 aromatic rings. The average Bonchev–Trinajstić information content (AvgIpc) is 3.41. The van der Waals surface area contributed by atoms with E-state index in [-0.39, 0.29) is 12.5 Å². The maximum atomic E-state index is 13.2. The van der Waals surface area contributed by atoms with Crippen molar-refractivity contribution in [1.82, 2.24) is 14.7 Å². The van der Waals surface area contributed by atoms with Crippen LogP contribution in [0.1, 0.15) is 32.6 Å². The highest BCUT2D eigenvalue weighted by Crippen LogP contribution is 2.33. The first-order chi connectivity index (χ1) is 16.8. The molecular formula is C27H22F3N3O2. The van der Waals surface area contributed by atoms with Gasteiger partial charge in [0.25, 0.3) is 5.91 Å². The molecular weight excluding hydrogens is 455 g/mol. The molecule has 2 heterocycles. The second kappa shape index (κ2) is 8.94. The summed E-state index contributed by atoms with van der Waals surface area (Å²) in [6.45, 7) is 0.816. The van der Waals surface area contributed by atoms with Crippen LogP contribution in [-0.4, -0.2) is 20.6 Å². The topological polar surface area (TPSA) is 47.4 Å².